The molecule has 0 radical (unpaired) electrons. The number of amidine groups is 1. The fourth-order valence-electron chi connectivity index (χ4n) is 4.26. The first-order valence-electron chi connectivity index (χ1n) is 12.2. The Bertz CT molecular complexity index is 1400. The van der Waals surface area contributed by atoms with Crippen molar-refractivity contribution >= 4 is 23.5 Å². The monoisotopic (exact) mass is 535 g/mol. The SMILES string of the molecule is COc1cc2c(cc1C(=O)Nc1cccc(/C(=N/N)N(N)C(C)CO)n1)CN(C(=O)c1ccc(F)cc1)CC2. The van der Waals surface area contributed by atoms with Crippen molar-refractivity contribution in [3.63, 3.8) is 0 Å². The Morgan fingerprint density at radius 2 is 1.97 bits per heavy atom. The molecule has 0 bridgehead atoms. The van der Waals surface area contributed by atoms with Crippen LogP contribution in [-0.2, 0) is 13.0 Å². The van der Waals surface area contributed by atoms with E-state index >= 15 is 0 Å². The Hall–Kier alpha value is -4.55. The third-order valence-corrected chi connectivity index (χ3v) is 6.48. The van der Waals surface area contributed by atoms with Crippen LogP contribution in [0, 0.1) is 5.82 Å². The van der Waals surface area contributed by atoms with E-state index in [1.165, 1.54) is 36.4 Å². The molecular weight excluding hydrogens is 505 g/mol. The first-order chi connectivity index (χ1) is 18.7. The maximum Gasteiger partial charge on any atom is 0.260 e. The van der Waals surface area contributed by atoms with Crippen LogP contribution < -0.4 is 21.7 Å². The minimum absolute atomic E-state index is 0.130. The van der Waals surface area contributed by atoms with E-state index in [1.807, 2.05) is 0 Å². The number of aromatic nitrogens is 1. The second kappa shape index (κ2) is 11.9. The van der Waals surface area contributed by atoms with Crippen molar-refractivity contribution in [3.8, 4) is 5.75 Å². The molecule has 1 aliphatic rings. The number of nitrogens with two attached hydrogens (primary N) is 2. The van der Waals surface area contributed by atoms with Gasteiger partial charge in [-0.25, -0.2) is 15.2 Å². The first kappa shape index (κ1) is 27.5. The number of nitrogens with zero attached hydrogens (tertiary/aromatic N) is 4. The average Bonchev–Trinajstić information content (AvgIpc) is 2.96. The molecule has 1 aliphatic heterocycles. The van der Waals surface area contributed by atoms with Crippen LogP contribution in [0.4, 0.5) is 10.2 Å². The maximum absolute atomic E-state index is 13.3. The highest BCUT2D eigenvalue weighted by Crippen LogP contribution is 2.29. The molecule has 0 fully saturated rings. The molecule has 2 aromatic carbocycles. The summed E-state index contributed by atoms with van der Waals surface area (Å²) in [6.07, 6.45) is 0.577. The van der Waals surface area contributed by atoms with Gasteiger partial charge < -0.3 is 25.9 Å². The zero-order chi connectivity index (χ0) is 28.1. The molecule has 1 atom stereocenters. The molecule has 12 heteroatoms. The number of benzene rings is 2. The number of carbonyl (C=O) groups is 2. The maximum atomic E-state index is 13.3. The Morgan fingerprint density at radius 1 is 1.23 bits per heavy atom. The number of amides is 2. The number of aliphatic hydroxyl groups is 1. The van der Waals surface area contributed by atoms with Crippen molar-refractivity contribution in [1.82, 2.24) is 14.9 Å². The predicted octanol–water partition coefficient (Wildman–Crippen LogP) is 1.86. The van der Waals surface area contributed by atoms with Crippen LogP contribution in [0.3, 0.4) is 0 Å². The van der Waals surface area contributed by atoms with Crippen LogP contribution in [0.15, 0.2) is 59.7 Å². The van der Waals surface area contributed by atoms with E-state index in [4.69, 9.17) is 16.4 Å². The van der Waals surface area contributed by atoms with Gasteiger partial charge in [-0.15, -0.1) is 0 Å². The third-order valence-electron chi connectivity index (χ3n) is 6.48. The summed E-state index contributed by atoms with van der Waals surface area (Å²) in [6, 6.07) is 13.3. The highest BCUT2D eigenvalue weighted by molar-refractivity contribution is 6.06. The highest BCUT2D eigenvalue weighted by atomic mass is 19.1. The van der Waals surface area contributed by atoms with Gasteiger partial charge in [0.05, 0.1) is 25.3 Å². The second-order valence-electron chi connectivity index (χ2n) is 9.06. The number of carbonyl (C=O) groups excluding carboxylic acids is 2. The van der Waals surface area contributed by atoms with Crippen LogP contribution in [0.25, 0.3) is 0 Å². The number of hydrazone groups is 1. The van der Waals surface area contributed by atoms with Gasteiger partial charge in [0.25, 0.3) is 11.8 Å². The third kappa shape index (κ3) is 5.97. The number of methoxy groups -OCH3 is 1. The minimum atomic E-state index is -0.471. The zero-order valence-electron chi connectivity index (χ0n) is 21.6. The Labute approximate surface area is 224 Å². The number of rotatable bonds is 7. The fraction of sp³-hybridized carbons (Fsp3) is 0.259. The van der Waals surface area contributed by atoms with Gasteiger partial charge in [0.2, 0.25) is 0 Å². The summed E-state index contributed by atoms with van der Waals surface area (Å²) in [4.78, 5) is 32.3. The van der Waals surface area contributed by atoms with Crippen molar-refractivity contribution in [1.29, 1.82) is 0 Å². The minimum Gasteiger partial charge on any atom is -0.496 e. The number of pyridine rings is 1. The molecule has 39 heavy (non-hydrogen) atoms. The number of hydrogen-bond donors (Lipinski definition) is 4. The summed E-state index contributed by atoms with van der Waals surface area (Å²) in [7, 11) is 1.48. The van der Waals surface area contributed by atoms with Crippen LogP contribution in [0.2, 0.25) is 0 Å². The number of nitrogens with one attached hydrogen (secondary N) is 1. The molecule has 6 N–H and O–H groups in total. The summed E-state index contributed by atoms with van der Waals surface area (Å²) >= 11 is 0. The summed E-state index contributed by atoms with van der Waals surface area (Å²) in [5, 5.41) is 17.0. The standard InChI is InChI=1S/C27H30FN7O4/c1-16(15-36)35(30)25(33-29)22-4-3-5-24(31-22)32-26(37)21-12-19-14-34(11-10-18(19)13-23(21)39-2)27(38)17-6-8-20(28)9-7-17/h3-9,12-13,16,36H,10-11,14-15,29-30H2,1-2H3,(H,31,32,37)/b33-25-. The van der Waals surface area contributed by atoms with E-state index in [2.05, 4.69) is 15.4 Å². The van der Waals surface area contributed by atoms with Gasteiger partial charge in [-0.1, -0.05) is 6.07 Å². The zero-order valence-corrected chi connectivity index (χ0v) is 21.6. The molecule has 0 spiro atoms. The number of ether oxygens (including phenoxy) is 1. The number of hydrogen-bond acceptors (Lipinski definition) is 8. The number of halogens is 1. The van der Waals surface area contributed by atoms with Crippen LogP contribution in [0.1, 0.15) is 44.5 Å². The summed E-state index contributed by atoms with van der Waals surface area (Å²) < 4.78 is 18.8. The number of hydrazine groups is 1. The van der Waals surface area contributed by atoms with Gasteiger partial charge in [-0.3, -0.25) is 14.6 Å². The van der Waals surface area contributed by atoms with E-state index in [-0.39, 0.29) is 36.3 Å². The molecule has 1 unspecified atom stereocenters. The van der Waals surface area contributed by atoms with Gasteiger partial charge >= 0.3 is 0 Å². The molecule has 0 aliphatic carbocycles. The molecular formula is C27H30FN7O4. The lowest BCUT2D eigenvalue weighted by molar-refractivity contribution is 0.0734. The molecule has 3 aromatic rings. The second-order valence-corrected chi connectivity index (χ2v) is 9.06. The van der Waals surface area contributed by atoms with Crippen LogP contribution in [-0.4, -0.2) is 64.0 Å². The van der Waals surface area contributed by atoms with Crippen molar-refractivity contribution < 1.29 is 23.8 Å². The number of anilines is 1. The van der Waals surface area contributed by atoms with E-state index in [0.29, 0.717) is 30.0 Å². The molecule has 11 nitrogen and oxygen atoms in total. The summed E-state index contributed by atoms with van der Waals surface area (Å²) in [5.74, 6) is 11.2. The molecule has 0 saturated carbocycles. The molecule has 4 rings (SSSR count). The van der Waals surface area contributed by atoms with Gasteiger partial charge in [0.15, 0.2) is 5.84 Å². The molecule has 1 aromatic heterocycles. The first-order valence-corrected chi connectivity index (χ1v) is 12.2. The lowest BCUT2D eigenvalue weighted by Crippen LogP contribution is -2.47. The molecule has 0 saturated heterocycles. The number of aliphatic hydroxyl groups excluding tert-OH is 1. The Morgan fingerprint density at radius 3 is 2.64 bits per heavy atom. The van der Waals surface area contributed by atoms with E-state index < -0.39 is 17.8 Å². The average molecular weight is 536 g/mol. The molecule has 204 valence electrons. The van der Waals surface area contributed by atoms with Crippen LogP contribution in [0.5, 0.6) is 5.75 Å². The van der Waals surface area contributed by atoms with Crippen molar-refractivity contribution in [2.75, 3.05) is 25.6 Å². The van der Waals surface area contributed by atoms with E-state index in [9.17, 15) is 19.1 Å². The Kier molecular flexibility index (Phi) is 8.37. The largest absolute Gasteiger partial charge is 0.496 e. The highest BCUT2D eigenvalue weighted by Gasteiger charge is 2.25. The predicted molar refractivity (Wildman–Crippen MR) is 143 cm³/mol. The van der Waals surface area contributed by atoms with E-state index in [1.54, 1.807) is 42.2 Å². The fourth-order valence-corrected chi connectivity index (χ4v) is 4.26. The van der Waals surface area contributed by atoms with Crippen molar-refractivity contribution in [2.24, 2.45) is 16.8 Å². The van der Waals surface area contributed by atoms with Gasteiger partial charge in [0.1, 0.15) is 23.1 Å². The van der Waals surface area contributed by atoms with Crippen molar-refractivity contribution in [3.05, 3.63) is 88.4 Å². The molecule has 2 heterocycles. The van der Waals surface area contributed by atoms with Gasteiger partial charge in [0, 0.05) is 18.7 Å². The molecule has 2 amide bonds. The van der Waals surface area contributed by atoms with Gasteiger partial charge in [-0.2, -0.15) is 5.10 Å². The van der Waals surface area contributed by atoms with E-state index in [0.717, 1.165) is 11.1 Å². The summed E-state index contributed by atoms with van der Waals surface area (Å²) in [6.45, 7) is 2.23. The quantitative estimate of drug-likeness (QED) is 0.154. The number of fused-ring (bicyclic) bond motifs is 1. The summed E-state index contributed by atoms with van der Waals surface area (Å²) in [5.41, 5.74) is 2.73. The van der Waals surface area contributed by atoms with Gasteiger partial charge in [-0.05, 0) is 73.0 Å². The smallest absolute Gasteiger partial charge is 0.260 e. The van der Waals surface area contributed by atoms with Crippen LogP contribution >= 0.6 is 0 Å². The lowest BCUT2D eigenvalue weighted by Gasteiger charge is -2.30. The van der Waals surface area contributed by atoms with Crippen molar-refractivity contribution in [2.45, 2.75) is 25.9 Å². The lowest BCUT2D eigenvalue weighted by atomic mass is 9.95. The normalized spacial score (nSPS) is 13.9. The Balaban J connectivity index is 1.56. The topological polar surface area (TPSA) is 159 Å².